The Morgan fingerprint density at radius 1 is 1.59 bits per heavy atom. The van der Waals surface area contributed by atoms with Crippen LogP contribution < -0.4 is 4.74 Å². The van der Waals surface area contributed by atoms with Gasteiger partial charge in [0.05, 0.1) is 11.5 Å². The quantitative estimate of drug-likeness (QED) is 0.504. The summed E-state index contributed by atoms with van der Waals surface area (Å²) < 4.78 is 39.4. The number of aromatic nitrogens is 1. The smallest absolute Gasteiger partial charge is 0.402 e. The molecule has 0 saturated carbocycles. The van der Waals surface area contributed by atoms with E-state index in [0.29, 0.717) is 0 Å². The van der Waals surface area contributed by atoms with Crippen molar-refractivity contribution in [2.45, 2.75) is 13.0 Å². The van der Waals surface area contributed by atoms with Gasteiger partial charge in [-0.15, -0.1) is 13.2 Å². The van der Waals surface area contributed by atoms with E-state index in [9.17, 15) is 23.3 Å². The van der Waals surface area contributed by atoms with Crippen LogP contribution in [0, 0.1) is 13.7 Å². The van der Waals surface area contributed by atoms with E-state index in [1.165, 1.54) is 22.6 Å². The van der Waals surface area contributed by atoms with Crippen LogP contribution >= 0.6 is 22.6 Å². The van der Waals surface area contributed by atoms with E-state index < -0.39 is 35.0 Å². The first-order valence-electron chi connectivity index (χ1n) is 3.94. The van der Waals surface area contributed by atoms with Gasteiger partial charge in [-0.1, -0.05) is 0 Å². The van der Waals surface area contributed by atoms with Crippen LogP contribution in [-0.4, -0.2) is 21.4 Å². The molecule has 0 amide bonds. The number of aliphatic hydroxyl groups is 1. The molecular formula is C7H4F3IN2O4. The molecule has 94 valence electrons. The van der Waals surface area contributed by atoms with Crippen molar-refractivity contribution < 1.29 is 27.9 Å². The zero-order valence-electron chi connectivity index (χ0n) is 7.86. The van der Waals surface area contributed by atoms with Gasteiger partial charge in [0.25, 0.3) is 0 Å². The van der Waals surface area contributed by atoms with Gasteiger partial charge in [-0.05, 0) is 22.6 Å². The molecule has 1 heterocycles. The summed E-state index contributed by atoms with van der Waals surface area (Å²) in [6.45, 7) is -0.820. The third-order valence-electron chi connectivity index (χ3n) is 1.59. The van der Waals surface area contributed by atoms with Gasteiger partial charge in [0.1, 0.15) is 15.5 Å². The molecule has 0 fully saturated rings. The average molecular weight is 364 g/mol. The number of nitro groups is 1. The Morgan fingerprint density at radius 3 is 2.59 bits per heavy atom. The predicted molar refractivity (Wildman–Crippen MR) is 56.2 cm³/mol. The Balaban J connectivity index is 3.32. The van der Waals surface area contributed by atoms with E-state index in [1.807, 2.05) is 0 Å². The molecule has 0 bridgehead atoms. The highest BCUT2D eigenvalue weighted by Gasteiger charge is 2.35. The number of halogens is 4. The maximum atomic E-state index is 12.1. The Labute approximate surface area is 106 Å². The lowest BCUT2D eigenvalue weighted by Crippen LogP contribution is -2.19. The minimum Gasteiger partial charge on any atom is -0.402 e. The van der Waals surface area contributed by atoms with E-state index in [1.54, 1.807) is 0 Å². The molecular weight excluding hydrogens is 360 g/mol. The topological polar surface area (TPSA) is 85.5 Å². The molecule has 1 rings (SSSR count). The number of ether oxygens (including phenoxy) is 1. The van der Waals surface area contributed by atoms with Crippen molar-refractivity contribution >= 4 is 28.3 Å². The van der Waals surface area contributed by atoms with E-state index in [-0.39, 0.29) is 3.57 Å². The zero-order chi connectivity index (χ0) is 13.2. The largest absolute Gasteiger partial charge is 0.573 e. The van der Waals surface area contributed by atoms with Gasteiger partial charge >= 0.3 is 12.0 Å². The van der Waals surface area contributed by atoms with Gasteiger partial charge in [-0.2, -0.15) is 0 Å². The van der Waals surface area contributed by atoms with Crippen LogP contribution in [0.1, 0.15) is 5.69 Å². The van der Waals surface area contributed by atoms with Crippen molar-refractivity contribution in [3.63, 3.8) is 0 Å². The van der Waals surface area contributed by atoms with Crippen LogP contribution in [0.3, 0.4) is 0 Å². The molecule has 10 heteroatoms. The van der Waals surface area contributed by atoms with Gasteiger partial charge in [0, 0.05) is 0 Å². The van der Waals surface area contributed by atoms with Crippen LogP contribution in [0.2, 0.25) is 0 Å². The molecule has 0 aliphatic carbocycles. The minimum atomic E-state index is -5.01. The lowest BCUT2D eigenvalue weighted by Gasteiger charge is -2.12. The van der Waals surface area contributed by atoms with Crippen LogP contribution in [0.4, 0.5) is 18.9 Å². The fraction of sp³-hybridized carbons (Fsp3) is 0.286. The Hall–Kier alpha value is -1.17. The lowest BCUT2D eigenvalue weighted by atomic mass is 10.3. The SMILES string of the molecule is O=[N+]([O-])c1cnc(CO)c(OC(F)(F)F)c1I. The summed E-state index contributed by atoms with van der Waals surface area (Å²) in [7, 11) is 0. The molecule has 0 aliphatic heterocycles. The van der Waals surface area contributed by atoms with E-state index >= 15 is 0 Å². The first kappa shape index (κ1) is 13.9. The first-order valence-corrected chi connectivity index (χ1v) is 5.02. The number of hydrogen-bond acceptors (Lipinski definition) is 5. The fourth-order valence-corrected chi connectivity index (χ4v) is 1.71. The van der Waals surface area contributed by atoms with Crippen molar-refractivity contribution in [2.24, 2.45) is 0 Å². The molecule has 1 aromatic heterocycles. The second kappa shape index (κ2) is 5.00. The number of nitrogens with zero attached hydrogens (tertiary/aromatic N) is 2. The number of hydrogen-bond donors (Lipinski definition) is 1. The summed E-state index contributed by atoms with van der Waals surface area (Å²) in [6.07, 6.45) is -4.25. The van der Waals surface area contributed by atoms with Crippen LogP contribution in [0.25, 0.3) is 0 Å². The zero-order valence-corrected chi connectivity index (χ0v) is 10.0. The molecule has 0 saturated heterocycles. The molecule has 17 heavy (non-hydrogen) atoms. The molecule has 0 aliphatic rings. The minimum absolute atomic E-state index is 0.371. The molecule has 0 unspecified atom stereocenters. The number of alkyl halides is 3. The second-order valence-corrected chi connectivity index (χ2v) is 3.78. The summed E-state index contributed by atoms with van der Waals surface area (Å²) in [4.78, 5) is 13.0. The van der Waals surface area contributed by atoms with Crippen molar-refractivity contribution in [1.29, 1.82) is 0 Å². The van der Waals surface area contributed by atoms with Crippen molar-refractivity contribution in [2.75, 3.05) is 0 Å². The highest BCUT2D eigenvalue weighted by molar-refractivity contribution is 14.1. The molecule has 0 atom stereocenters. The molecule has 0 aromatic carbocycles. The summed E-state index contributed by atoms with van der Waals surface area (Å²) in [5.74, 6) is -0.852. The molecule has 6 nitrogen and oxygen atoms in total. The Kier molecular flexibility index (Phi) is 4.08. The van der Waals surface area contributed by atoms with Gasteiger partial charge < -0.3 is 9.84 Å². The van der Waals surface area contributed by atoms with Crippen molar-refractivity contribution in [1.82, 2.24) is 4.98 Å². The van der Waals surface area contributed by atoms with Gasteiger partial charge in [0.15, 0.2) is 5.75 Å². The van der Waals surface area contributed by atoms with Crippen LogP contribution in [0.5, 0.6) is 5.75 Å². The summed E-state index contributed by atoms with van der Waals surface area (Å²) in [5.41, 5.74) is -1.04. The first-order chi connectivity index (χ1) is 7.76. The van der Waals surface area contributed by atoms with E-state index in [2.05, 4.69) is 9.72 Å². The summed E-state index contributed by atoms with van der Waals surface area (Å²) in [5, 5.41) is 19.3. The average Bonchev–Trinajstić information content (AvgIpc) is 2.18. The van der Waals surface area contributed by atoms with Crippen molar-refractivity contribution in [3.8, 4) is 5.75 Å². The molecule has 1 aromatic rings. The Morgan fingerprint density at radius 2 is 2.18 bits per heavy atom. The van der Waals surface area contributed by atoms with E-state index in [4.69, 9.17) is 5.11 Å². The normalized spacial score (nSPS) is 11.4. The van der Waals surface area contributed by atoms with E-state index in [0.717, 1.165) is 6.20 Å². The second-order valence-electron chi connectivity index (χ2n) is 2.70. The monoisotopic (exact) mass is 364 g/mol. The molecule has 0 spiro atoms. The number of rotatable bonds is 3. The van der Waals surface area contributed by atoms with Gasteiger partial charge in [-0.3, -0.25) is 10.1 Å². The third kappa shape index (κ3) is 3.39. The maximum Gasteiger partial charge on any atom is 0.573 e. The fourth-order valence-electron chi connectivity index (χ4n) is 0.957. The number of pyridine rings is 1. The van der Waals surface area contributed by atoms with Gasteiger partial charge in [-0.25, -0.2) is 4.98 Å². The highest BCUT2D eigenvalue weighted by atomic mass is 127. The molecule has 1 N–H and O–H groups in total. The third-order valence-corrected chi connectivity index (χ3v) is 2.64. The van der Waals surface area contributed by atoms with Crippen molar-refractivity contribution in [3.05, 3.63) is 25.6 Å². The Bertz CT molecular complexity index is 451. The van der Waals surface area contributed by atoms with Gasteiger partial charge in [0.2, 0.25) is 0 Å². The summed E-state index contributed by atoms with van der Waals surface area (Å²) >= 11 is 1.33. The molecule has 0 radical (unpaired) electrons. The number of aliphatic hydroxyl groups excluding tert-OH is 1. The maximum absolute atomic E-state index is 12.1. The summed E-state index contributed by atoms with van der Waals surface area (Å²) in [6, 6.07) is 0. The lowest BCUT2D eigenvalue weighted by molar-refractivity contribution is -0.386. The van der Waals surface area contributed by atoms with Crippen LogP contribution in [-0.2, 0) is 6.61 Å². The highest BCUT2D eigenvalue weighted by Crippen LogP contribution is 2.35. The predicted octanol–water partition coefficient (Wildman–Crippen LogP) is 1.99. The standard InChI is InChI=1S/C7H4F3IN2O4/c8-7(9,10)17-6-3(2-14)12-1-4(5(6)11)13(15)16/h1,14H,2H2. The van der Waals surface area contributed by atoms with Crippen LogP contribution in [0.15, 0.2) is 6.20 Å².